The highest BCUT2D eigenvalue weighted by Crippen LogP contribution is 2.40. The molecule has 4 nitrogen and oxygen atoms in total. The van der Waals surface area contributed by atoms with Crippen LogP contribution < -0.4 is 10.1 Å². The number of hydrogen-bond donors (Lipinski definition) is 1. The van der Waals surface area contributed by atoms with Gasteiger partial charge >= 0.3 is 0 Å². The van der Waals surface area contributed by atoms with E-state index in [1.807, 2.05) is 69.3 Å². The number of halogens is 1. The summed E-state index contributed by atoms with van der Waals surface area (Å²) in [7, 11) is 1.63. The van der Waals surface area contributed by atoms with Gasteiger partial charge in [-0.25, -0.2) is 0 Å². The van der Waals surface area contributed by atoms with Crippen molar-refractivity contribution in [3.05, 3.63) is 88.6 Å². The van der Waals surface area contributed by atoms with E-state index in [2.05, 4.69) is 5.32 Å². The minimum absolute atomic E-state index is 0.233. The number of nitrogens with one attached hydrogen (secondary N) is 1. The van der Waals surface area contributed by atoms with Crippen molar-refractivity contribution in [3.63, 3.8) is 0 Å². The maximum atomic E-state index is 12.8. The Bertz CT molecular complexity index is 1340. The van der Waals surface area contributed by atoms with Gasteiger partial charge < -0.3 is 14.5 Å². The second-order valence-corrected chi connectivity index (χ2v) is 8.11. The molecule has 0 spiro atoms. The maximum Gasteiger partial charge on any atom is 0.248 e. The number of carbonyl (C=O) groups is 1. The number of hydrogen-bond acceptors (Lipinski definition) is 3. The summed E-state index contributed by atoms with van der Waals surface area (Å²) in [6.07, 6.45) is 3.34. The summed E-state index contributed by atoms with van der Waals surface area (Å²) in [5.74, 6) is 0.454. The van der Waals surface area contributed by atoms with E-state index in [9.17, 15) is 4.79 Å². The van der Waals surface area contributed by atoms with Crippen molar-refractivity contribution in [2.45, 2.75) is 20.8 Å². The summed E-state index contributed by atoms with van der Waals surface area (Å²) >= 11 is 6.17. The van der Waals surface area contributed by atoms with Gasteiger partial charge in [-0.3, -0.25) is 4.79 Å². The lowest BCUT2D eigenvalue weighted by molar-refractivity contribution is -0.111. The van der Waals surface area contributed by atoms with Crippen molar-refractivity contribution in [1.82, 2.24) is 0 Å². The third-order valence-electron chi connectivity index (χ3n) is 5.63. The molecule has 162 valence electrons. The average molecular weight is 446 g/mol. The number of carbonyl (C=O) groups excluding carboxylic acids is 1. The second-order valence-electron chi connectivity index (χ2n) is 7.70. The van der Waals surface area contributed by atoms with Gasteiger partial charge in [-0.2, -0.15) is 0 Å². The first-order chi connectivity index (χ1) is 15.4. The van der Waals surface area contributed by atoms with Gasteiger partial charge in [-0.05, 0) is 55.7 Å². The first-order valence-electron chi connectivity index (χ1n) is 10.3. The third-order valence-corrected chi connectivity index (χ3v) is 6.04. The van der Waals surface area contributed by atoms with E-state index in [0.29, 0.717) is 16.5 Å². The molecule has 1 heterocycles. The molecule has 0 bridgehead atoms. The zero-order chi connectivity index (χ0) is 22.8. The van der Waals surface area contributed by atoms with E-state index in [0.717, 1.165) is 44.4 Å². The summed E-state index contributed by atoms with van der Waals surface area (Å²) in [6, 6.07) is 17.5. The summed E-state index contributed by atoms with van der Waals surface area (Å²) in [5.41, 5.74) is 6.87. The fraction of sp³-hybridized carbons (Fsp3) is 0.148. The van der Waals surface area contributed by atoms with Crippen LogP contribution in [0.3, 0.4) is 0 Å². The van der Waals surface area contributed by atoms with Gasteiger partial charge in [0.05, 0.1) is 13.4 Å². The molecule has 1 N–H and O–H groups in total. The van der Waals surface area contributed by atoms with Crippen LogP contribution in [-0.2, 0) is 4.79 Å². The molecular weight excluding hydrogens is 422 g/mol. The molecule has 3 aromatic carbocycles. The molecule has 0 atom stereocenters. The fourth-order valence-electron chi connectivity index (χ4n) is 3.90. The summed E-state index contributed by atoms with van der Waals surface area (Å²) < 4.78 is 11.6. The monoisotopic (exact) mass is 445 g/mol. The highest BCUT2D eigenvalue weighted by molar-refractivity contribution is 6.31. The van der Waals surface area contributed by atoms with Crippen LogP contribution >= 0.6 is 11.6 Å². The molecule has 0 saturated heterocycles. The van der Waals surface area contributed by atoms with Crippen molar-refractivity contribution < 1.29 is 13.9 Å². The van der Waals surface area contributed by atoms with Gasteiger partial charge in [0.2, 0.25) is 5.91 Å². The molecule has 0 radical (unpaired) electrons. The molecule has 0 saturated carbocycles. The number of ether oxygens (including phenoxy) is 1. The summed E-state index contributed by atoms with van der Waals surface area (Å²) in [4.78, 5) is 12.8. The number of benzene rings is 3. The Labute approximate surface area is 192 Å². The van der Waals surface area contributed by atoms with Crippen LogP contribution in [0.25, 0.3) is 27.7 Å². The molecule has 4 rings (SSSR count). The van der Waals surface area contributed by atoms with Crippen molar-refractivity contribution in [2.24, 2.45) is 0 Å². The molecule has 32 heavy (non-hydrogen) atoms. The first-order valence-corrected chi connectivity index (χ1v) is 10.7. The van der Waals surface area contributed by atoms with E-state index < -0.39 is 0 Å². The summed E-state index contributed by atoms with van der Waals surface area (Å²) in [5, 5.41) is 4.50. The Morgan fingerprint density at radius 2 is 1.81 bits per heavy atom. The van der Waals surface area contributed by atoms with Crippen molar-refractivity contribution in [2.75, 3.05) is 12.4 Å². The van der Waals surface area contributed by atoms with Crippen LogP contribution in [0.2, 0.25) is 5.02 Å². The molecular formula is C27H24ClNO3. The van der Waals surface area contributed by atoms with Crippen LogP contribution in [-0.4, -0.2) is 13.0 Å². The maximum absolute atomic E-state index is 12.8. The fourth-order valence-corrected chi connectivity index (χ4v) is 4.07. The van der Waals surface area contributed by atoms with Gasteiger partial charge in [0.1, 0.15) is 11.3 Å². The molecule has 4 aromatic rings. The zero-order valence-electron chi connectivity index (χ0n) is 18.5. The van der Waals surface area contributed by atoms with Gasteiger partial charge in [0.25, 0.3) is 0 Å². The minimum atomic E-state index is -0.233. The van der Waals surface area contributed by atoms with Crippen LogP contribution in [0.15, 0.2) is 71.4 Å². The minimum Gasteiger partial charge on any atom is -0.496 e. The SMILES string of the molecule is COc1c(/C(C)=C/C(=O)Nc2cccc(Cl)c2C)cc2c(-c3ccccc3)coc2c1C. The van der Waals surface area contributed by atoms with Gasteiger partial charge in [0.15, 0.2) is 0 Å². The van der Waals surface area contributed by atoms with E-state index in [1.165, 1.54) is 0 Å². The predicted molar refractivity (Wildman–Crippen MR) is 131 cm³/mol. The van der Waals surface area contributed by atoms with E-state index in [1.54, 1.807) is 25.5 Å². The molecule has 0 aliphatic rings. The van der Waals surface area contributed by atoms with Crippen molar-refractivity contribution in [1.29, 1.82) is 0 Å². The number of anilines is 1. The number of rotatable bonds is 5. The Hall–Kier alpha value is -3.50. The normalized spacial score (nSPS) is 11.6. The second kappa shape index (κ2) is 8.93. The largest absolute Gasteiger partial charge is 0.496 e. The molecule has 1 aromatic heterocycles. The quantitative estimate of drug-likeness (QED) is 0.325. The number of allylic oxidation sites excluding steroid dienone is 1. The number of methoxy groups -OCH3 is 1. The molecule has 1 amide bonds. The zero-order valence-corrected chi connectivity index (χ0v) is 19.2. The number of aryl methyl sites for hydroxylation is 1. The molecule has 0 aliphatic carbocycles. The summed E-state index contributed by atoms with van der Waals surface area (Å²) in [6.45, 7) is 5.74. The third kappa shape index (κ3) is 4.02. The van der Waals surface area contributed by atoms with Crippen molar-refractivity contribution in [3.8, 4) is 16.9 Å². The number of furan rings is 1. The smallest absolute Gasteiger partial charge is 0.248 e. The van der Waals surface area contributed by atoms with Crippen LogP contribution in [0, 0.1) is 13.8 Å². The lowest BCUT2D eigenvalue weighted by Crippen LogP contribution is -2.10. The Balaban J connectivity index is 1.76. The van der Waals surface area contributed by atoms with Gasteiger partial charge in [0, 0.05) is 38.9 Å². The Morgan fingerprint density at radius 3 is 2.53 bits per heavy atom. The molecule has 0 aliphatic heterocycles. The topological polar surface area (TPSA) is 51.5 Å². The average Bonchev–Trinajstić information content (AvgIpc) is 3.22. The highest BCUT2D eigenvalue weighted by atomic mass is 35.5. The number of amides is 1. The van der Waals surface area contributed by atoms with Crippen molar-refractivity contribution >= 4 is 39.7 Å². The Kier molecular flexibility index (Phi) is 6.06. The highest BCUT2D eigenvalue weighted by Gasteiger charge is 2.19. The predicted octanol–water partition coefficient (Wildman–Crippen LogP) is 7.42. The lowest BCUT2D eigenvalue weighted by atomic mass is 9.96. The van der Waals surface area contributed by atoms with Crippen LogP contribution in [0.4, 0.5) is 5.69 Å². The standard InChI is InChI=1S/C27H24ClNO3/c1-16(13-25(30)29-24-12-8-11-23(28)17(24)2)20-14-21-22(19-9-6-5-7-10-19)15-32-27(21)18(3)26(20)31-4/h5-15H,1-4H3,(H,29,30)/b16-13+. The Morgan fingerprint density at radius 1 is 1.06 bits per heavy atom. The lowest BCUT2D eigenvalue weighted by Gasteiger charge is -2.14. The van der Waals surface area contributed by atoms with Gasteiger partial charge in [-0.1, -0.05) is 48.0 Å². The number of fused-ring (bicyclic) bond motifs is 1. The van der Waals surface area contributed by atoms with Gasteiger partial charge in [-0.15, -0.1) is 0 Å². The van der Waals surface area contributed by atoms with E-state index in [-0.39, 0.29) is 5.91 Å². The molecule has 5 heteroatoms. The molecule has 0 fully saturated rings. The van der Waals surface area contributed by atoms with Crippen LogP contribution in [0.5, 0.6) is 5.75 Å². The van der Waals surface area contributed by atoms with E-state index >= 15 is 0 Å². The first kappa shape index (κ1) is 21.7. The van der Waals surface area contributed by atoms with Crippen LogP contribution in [0.1, 0.15) is 23.6 Å². The van der Waals surface area contributed by atoms with E-state index in [4.69, 9.17) is 20.8 Å². The molecule has 0 unspecified atom stereocenters.